The minimum Gasteiger partial charge on any atom is -0.365 e. The van der Waals surface area contributed by atoms with Crippen molar-refractivity contribution >= 4 is 23.1 Å². The number of aromatic nitrogens is 4. The lowest BCUT2D eigenvalue weighted by molar-refractivity contribution is 0.773. The first-order valence-electron chi connectivity index (χ1n) is 7.99. The van der Waals surface area contributed by atoms with Crippen molar-refractivity contribution in [2.24, 2.45) is 0 Å². The molecule has 3 aromatic rings. The smallest absolute Gasteiger partial charge is 0.297 e. The van der Waals surface area contributed by atoms with Gasteiger partial charge in [0.25, 0.3) is 11.3 Å². The van der Waals surface area contributed by atoms with Gasteiger partial charge >= 0.3 is 0 Å². The molecule has 7 heteroatoms. The highest BCUT2D eigenvalue weighted by Gasteiger charge is 2.28. The molecule has 0 unspecified atom stereocenters. The van der Waals surface area contributed by atoms with E-state index in [1.54, 1.807) is 0 Å². The van der Waals surface area contributed by atoms with Crippen molar-refractivity contribution in [3.8, 4) is 0 Å². The zero-order chi connectivity index (χ0) is 16.8. The Morgan fingerprint density at radius 1 is 1.21 bits per heavy atom. The Bertz CT molecular complexity index is 960. The number of nitrogens with zero attached hydrogens (tertiary/aromatic N) is 4. The number of benzene rings is 1. The van der Waals surface area contributed by atoms with E-state index in [1.165, 1.54) is 10.1 Å². The molecule has 24 heavy (non-hydrogen) atoms. The zero-order valence-corrected chi connectivity index (χ0v) is 14.3. The molecule has 0 bridgehead atoms. The number of anilines is 1. The molecular formula is C17H18ClN5O. The highest BCUT2D eigenvalue weighted by atomic mass is 35.5. The van der Waals surface area contributed by atoms with Gasteiger partial charge in [0.1, 0.15) is 11.5 Å². The number of aryl methyl sites for hydroxylation is 2. The SMILES string of the molecule is Cc1nc2nc(C)c(N3CC[C@H](c4ccc(Cl)cc4)C3)c(=O)n2[nH]1. The number of halogens is 1. The normalized spacial score (nSPS) is 17.8. The summed E-state index contributed by atoms with van der Waals surface area (Å²) in [5.74, 6) is 1.49. The van der Waals surface area contributed by atoms with Crippen LogP contribution >= 0.6 is 11.6 Å². The summed E-state index contributed by atoms with van der Waals surface area (Å²) in [6.07, 6.45) is 1.01. The van der Waals surface area contributed by atoms with E-state index in [-0.39, 0.29) is 5.56 Å². The fraction of sp³-hybridized carbons (Fsp3) is 0.353. The standard InChI is InChI=1S/C17H18ClN5O/c1-10-15(16(24)23-17(19-10)20-11(2)21-23)22-8-7-13(9-22)12-3-5-14(18)6-4-12/h3-6,13H,7-9H2,1-2H3,(H,19,20,21)/t13-/m0/s1. The molecule has 0 saturated carbocycles. The van der Waals surface area contributed by atoms with Gasteiger partial charge in [0.15, 0.2) is 0 Å². The number of aromatic amines is 1. The molecule has 2 aromatic heterocycles. The van der Waals surface area contributed by atoms with Crippen LogP contribution in [0.5, 0.6) is 0 Å². The molecule has 0 amide bonds. The summed E-state index contributed by atoms with van der Waals surface area (Å²) >= 11 is 5.97. The fourth-order valence-electron chi connectivity index (χ4n) is 3.45. The van der Waals surface area contributed by atoms with Crippen molar-refractivity contribution in [2.75, 3.05) is 18.0 Å². The van der Waals surface area contributed by atoms with Gasteiger partial charge in [0.2, 0.25) is 0 Å². The van der Waals surface area contributed by atoms with Crippen LogP contribution in [0.4, 0.5) is 5.69 Å². The highest BCUT2D eigenvalue weighted by molar-refractivity contribution is 6.30. The van der Waals surface area contributed by atoms with Gasteiger partial charge in [-0.25, -0.2) is 4.98 Å². The quantitative estimate of drug-likeness (QED) is 0.777. The summed E-state index contributed by atoms with van der Waals surface area (Å²) in [7, 11) is 0. The minimum atomic E-state index is -0.0881. The maximum Gasteiger partial charge on any atom is 0.297 e. The van der Waals surface area contributed by atoms with Crippen LogP contribution in [0, 0.1) is 13.8 Å². The molecule has 0 aliphatic carbocycles. The van der Waals surface area contributed by atoms with E-state index >= 15 is 0 Å². The molecule has 0 spiro atoms. The van der Waals surface area contributed by atoms with E-state index in [9.17, 15) is 4.79 Å². The average Bonchev–Trinajstić information content (AvgIpc) is 3.15. The molecule has 4 rings (SSSR count). The first-order chi connectivity index (χ1) is 11.5. The van der Waals surface area contributed by atoms with E-state index in [1.807, 2.05) is 26.0 Å². The maximum atomic E-state index is 12.8. The monoisotopic (exact) mass is 343 g/mol. The molecule has 1 aromatic carbocycles. The molecule has 3 heterocycles. The lowest BCUT2D eigenvalue weighted by atomic mass is 9.99. The highest BCUT2D eigenvalue weighted by Crippen LogP contribution is 2.31. The largest absolute Gasteiger partial charge is 0.365 e. The molecule has 1 aliphatic heterocycles. The molecule has 124 valence electrons. The van der Waals surface area contributed by atoms with Gasteiger partial charge in [0, 0.05) is 24.0 Å². The summed E-state index contributed by atoms with van der Waals surface area (Å²) in [6.45, 7) is 5.33. The van der Waals surface area contributed by atoms with Gasteiger partial charge in [-0.05, 0) is 38.0 Å². The van der Waals surface area contributed by atoms with Gasteiger partial charge in [-0.2, -0.15) is 9.50 Å². The van der Waals surface area contributed by atoms with Crippen molar-refractivity contribution < 1.29 is 0 Å². The lowest BCUT2D eigenvalue weighted by Crippen LogP contribution is -2.30. The van der Waals surface area contributed by atoms with Crippen molar-refractivity contribution in [3.63, 3.8) is 0 Å². The van der Waals surface area contributed by atoms with E-state index < -0.39 is 0 Å². The molecule has 1 fully saturated rings. The molecule has 1 saturated heterocycles. The van der Waals surface area contributed by atoms with E-state index in [4.69, 9.17) is 11.6 Å². The molecule has 0 radical (unpaired) electrons. The summed E-state index contributed by atoms with van der Waals surface area (Å²) in [5.41, 5.74) is 2.55. The van der Waals surface area contributed by atoms with Crippen LogP contribution in [-0.4, -0.2) is 32.7 Å². The Balaban J connectivity index is 1.69. The number of rotatable bonds is 2. The Hall–Kier alpha value is -2.34. The Labute approximate surface area is 144 Å². The Morgan fingerprint density at radius 3 is 2.71 bits per heavy atom. The third-order valence-corrected chi connectivity index (χ3v) is 4.86. The Morgan fingerprint density at radius 2 is 1.96 bits per heavy atom. The van der Waals surface area contributed by atoms with Gasteiger partial charge in [-0.1, -0.05) is 23.7 Å². The zero-order valence-electron chi connectivity index (χ0n) is 13.6. The average molecular weight is 344 g/mol. The van der Waals surface area contributed by atoms with Gasteiger partial charge in [-0.15, -0.1) is 0 Å². The number of nitrogens with one attached hydrogen (secondary N) is 1. The van der Waals surface area contributed by atoms with Crippen LogP contribution in [-0.2, 0) is 0 Å². The van der Waals surface area contributed by atoms with Gasteiger partial charge < -0.3 is 4.90 Å². The van der Waals surface area contributed by atoms with E-state index in [0.29, 0.717) is 23.2 Å². The third kappa shape index (κ3) is 2.47. The number of fused-ring (bicyclic) bond motifs is 1. The maximum absolute atomic E-state index is 12.8. The van der Waals surface area contributed by atoms with Crippen molar-refractivity contribution in [2.45, 2.75) is 26.2 Å². The van der Waals surface area contributed by atoms with Crippen LogP contribution in [0.25, 0.3) is 5.78 Å². The Kier molecular flexibility index (Phi) is 3.57. The van der Waals surface area contributed by atoms with Crippen molar-refractivity contribution in [1.82, 2.24) is 19.6 Å². The molecule has 1 N–H and O–H groups in total. The predicted octanol–water partition coefficient (Wildman–Crippen LogP) is 2.68. The van der Waals surface area contributed by atoms with Crippen LogP contribution in [0.15, 0.2) is 29.1 Å². The first-order valence-corrected chi connectivity index (χ1v) is 8.37. The fourth-order valence-corrected chi connectivity index (χ4v) is 3.58. The number of hydrogen-bond donors (Lipinski definition) is 1. The van der Waals surface area contributed by atoms with Crippen molar-refractivity contribution in [3.05, 3.63) is 56.7 Å². The summed E-state index contributed by atoms with van der Waals surface area (Å²) < 4.78 is 1.42. The number of H-pyrrole nitrogens is 1. The second-order valence-electron chi connectivity index (χ2n) is 6.28. The summed E-state index contributed by atoms with van der Waals surface area (Å²) in [6, 6.07) is 7.97. The van der Waals surface area contributed by atoms with Crippen LogP contribution in [0.3, 0.4) is 0 Å². The second kappa shape index (κ2) is 5.63. The van der Waals surface area contributed by atoms with E-state index in [0.717, 1.165) is 30.2 Å². The molecule has 1 atom stereocenters. The molecular weight excluding hydrogens is 326 g/mol. The minimum absolute atomic E-state index is 0.0881. The first kappa shape index (κ1) is 15.2. The van der Waals surface area contributed by atoms with Crippen LogP contribution in [0.2, 0.25) is 5.02 Å². The van der Waals surface area contributed by atoms with E-state index in [2.05, 4.69) is 32.1 Å². The van der Waals surface area contributed by atoms with Gasteiger partial charge in [-0.3, -0.25) is 9.89 Å². The van der Waals surface area contributed by atoms with Crippen LogP contribution in [0.1, 0.15) is 29.4 Å². The molecule has 1 aliphatic rings. The van der Waals surface area contributed by atoms with Gasteiger partial charge in [0.05, 0.1) is 5.69 Å². The van der Waals surface area contributed by atoms with Crippen LogP contribution < -0.4 is 10.5 Å². The van der Waals surface area contributed by atoms with Crippen molar-refractivity contribution in [1.29, 1.82) is 0 Å². The second-order valence-corrected chi connectivity index (χ2v) is 6.72. The third-order valence-electron chi connectivity index (χ3n) is 4.60. The summed E-state index contributed by atoms with van der Waals surface area (Å²) in [5, 5.41) is 3.70. The predicted molar refractivity (Wildman–Crippen MR) is 94.1 cm³/mol. The topological polar surface area (TPSA) is 66.3 Å². The molecule has 6 nitrogen and oxygen atoms in total. The summed E-state index contributed by atoms with van der Waals surface area (Å²) in [4.78, 5) is 23.7. The lowest BCUT2D eigenvalue weighted by Gasteiger charge is -2.19. The number of hydrogen-bond acceptors (Lipinski definition) is 4.